The van der Waals surface area contributed by atoms with Crippen molar-refractivity contribution in [3.05, 3.63) is 59.7 Å². The Hall–Kier alpha value is -3.48. The number of hydrogen-bond acceptors (Lipinski definition) is 7. The standard InChI is InChI=1S/C49H72N2O5/c1-33(2)11-10-12-34(3)43-20-21-44-42-19-16-37-31-41(23-25-48(37,4)45(42)24-26-49(43,44)5)56-40-17-13-35(14-18-40)15-22-46(52)54-27-8-6-7-9-28-55-47(53)36-29-38(50)32-39(51)30-36/h13-15,17-18,22,29-30,32-34,37,41-45H,6-12,16,19-21,23-28,31,50-51H2,1-5H3/b22-15+/t34-,37+,41?,42-,43-,44-,45-,48-,49+/m0/s1. The molecule has 4 aliphatic rings. The van der Waals surface area contributed by atoms with Crippen LogP contribution >= 0.6 is 0 Å². The van der Waals surface area contributed by atoms with Crippen molar-refractivity contribution in [2.45, 2.75) is 143 Å². The second-order valence-corrected chi connectivity index (χ2v) is 19.2. The van der Waals surface area contributed by atoms with E-state index in [9.17, 15) is 9.59 Å². The van der Waals surface area contributed by atoms with Gasteiger partial charge in [-0.05, 0) is 178 Å². The molecule has 4 fully saturated rings. The van der Waals surface area contributed by atoms with Gasteiger partial charge in [-0.25, -0.2) is 9.59 Å². The highest BCUT2D eigenvalue weighted by molar-refractivity contribution is 5.91. The molecule has 0 spiro atoms. The van der Waals surface area contributed by atoms with Crippen LogP contribution in [0.2, 0.25) is 0 Å². The summed E-state index contributed by atoms with van der Waals surface area (Å²) in [6, 6.07) is 12.8. The van der Waals surface area contributed by atoms with Gasteiger partial charge in [-0.2, -0.15) is 0 Å². The second-order valence-electron chi connectivity index (χ2n) is 19.2. The van der Waals surface area contributed by atoms with Crippen LogP contribution in [0.4, 0.5) is 11.4 Å². The summed E-state index contributed by atoms with van der Waals surface area (Å²) in [5, 5.41) is 0. The Balaban J connectivity index is 0.878. The summed E-state index contributed by atoms with van der Waals surface area (Å²) in [6.45, 7) is 13.4. The Kier molecular flexibility index (Phi) is 14.2. The lowest BCUT2D eigenvalue weighted by Crippen LogP contribution is -2.54. The van der Waals surface area contributed by atoms with E-state index < -0.39 is 5.97 Å². The minimum Gasteiger partial charge on any atom is -0.490 e. The van der Waals surface area contributed by atoms with E-state index in [4.69, 9.17) is 25.7 Å². The van der Waals surface area contributed by atoms with Crippen LogP contribution in [-0.4, -0.2) is 31.3 Å². The number of esters is 2. The molecular formula is C49H72N2O5. The quantitative estimate of drug-likeness (QED) is 0.0713. The molecule has 56 heavy (non-hydrogen) atoms. The zero-order valence-corrected chi connectivity index (χ0v) is 35.2. The number of nitrogens with two attached hydrogens (primary N) is 2. The molecule has 0 aromatic heterocycles. The Bertz CT molecular complexity index is 1620. The van der Waals surface area contributed by atoms with Crippen LogP contribution in [0.25, 0.3) is 6.08 Å². The normalized spacial score (nSPS) is 30.3. The molecule has 0 radical (unpaired) electrons. The number of carbonyl (C=O) groups is 2. The second kappa shape index (κ2) is 18.9. The zero-order chi connectivity index (χ0) is 39.9. The summed E-state index contributed by atoms with van der Waals surface area (Å²) in [7, 11) is 0. The number of rotatable bonds is 17. The molecule has 2 aromatic carbocycles. The molecule has 9 atom stereocenters. The lowest BCUT2D eigenvalue weighted by atomic mass is 9.44. The first kappa shape index (κ1) is 42.1. The number of nitrogen functional groups attached to an aromatic ring is 2. The number of unbranched alkanes of at least 4 members (excludes halogenated alkanes) is 3. The van der Waals surface area contributed by atoms with E-state index in [1.54, 1.807) is 24.3 Å². The SMILES string of the molecule is CC(C)CCC[C@H](C)[C@@H]1CC[C@H]2[C@@H]3CC[C@@H]4CC(Oc5ccc(/C=C/C(=O)OCCCCCCOC(=O)c6cc(N)cc(N)c6)cc5)CC[C@]4(C)[C@H]3CC[C@@]21C. The lowest BCUT2D eigenvalue weighted by molar-refractivity contribution is -0.137. The molecule has 4 saturated carbocycles. The Labute approximate surface area is 338 Å². The van der Waals surface area contributed by atoms with Crippen LogP contribution in [0.5, 0.6) is 5.75 Å². The number of carbonyl (C=O) groups excluding carboxylic acids is 2. The van der Waals surface area contributed by atoms with Gasteiger partial charge < -0.3 is 25.7 Å². The highest BCUT2D eigenvalue weighted by Gasteiger charge is 2.60. The fraction of sp³-hybridized carbons (Fsp3) is 0.673. The summed E-state index contributed by atoms with van der Waals surface area (Å²) < 4.78 is 17.3. The molecule has 4 aliphatic carbocycles. The predicted molar refractivity (Wildman–Crippen MR) is 228 cm³/mol. The minimum absolute atomic E-state index is 0.279. The number of fused-ring (bicyclic) bond motifs is 5. The monoisotopic (exact) mass is 769 g/mol. The van der Waals surface area contributed by atoms with Crippen molar-refractivity contribution in [1.29, 1.82) is 0 Å². The molecule has 0 heterocycles. The zero-order valence-electron chi connectivity index (χ0n) is 35.2. The van der Waals surface area contributed by atoms with Gasteiger partial charge in [-0.3, -0.25) is 0 Å². The van der Waals surface area contributed by atoms with Crippen molar-refractivity contribution in [1.82, 2.24) is 0 Å². The van der Waals surface area contributed by atoms with Gasteiger partial charge in [-0.15, -0.1) is 0 Å². The minimum atomic E-state index is -0.429. The third kappa shape index (κ3) is 10.1. The van der Waals surface area contributed by atoms with Crippen LogP contribution in [0.15, 0.2) is 48.5 Å². The molecule has 0 amide bonds. The Morgan fingerprint density at radius 2 is 1.45 bits per heavy atom. The van der Waals surface area contributed by atoms with Gasteiger partial charge in [0.2, 0.25) is 0 Å². The Morgan fingerprint density at radius 1 is 0.768 bits per heavy atom. The molecule has 308 valence electrons. The van der Waals surface area contributed by atoms with Crippen molar-refractivity contribution < 1.29 is 23.8 Å². The van der Waals surface area contributed by atoms with Crippen LogP contribution in [0.1, 0.15) is 153 Å². The van der Waals surface area contributed by atoms with Gasteiger partial charge in [0.1, 0.15) is 5.75 Å². The molecule has 6 rings (SSSR count). The van der Waals surface area contributed by atoms with Gasteiger partial charge in [-0.1, -0.05) is 66.0 Å². The average Bonchev–Trinajstić information content (AvgIpc) is 3.52. The first-order valence-electron chi connectivity index (χ1n) is 22.3. The molecule has 4 N–H and O–H groups in total. The third-order valence-corrected chi connectivity index (χ3v) is 15.1. The number of ether oxygens (including phenoxy) is 3. The molecule has 0 bridgehead atoms. The van der Waals surface area contributed by atoms with Crippen molar-refractivity contribution in [2.24, 2.45) is 52.3 Å². The summed E-state index contributed by atoms with van der Waals surface area (Å²) in [4.78, 5) is 24.5. The maximum atomic E-state index is 12.3. The van der Waals surface area contributed by atoms with Crippen molar-refractivity contribution in [2.75, 3.05) is 24.7 Å². The van der Waals surface area contributed by atoms with E-state index >= 15 is 0 Å². The fourth-order valence-electron chi connectivity index (χ4n) is 12.2. The van der Waals surface area contributed by atoms with Crippen molar-refractivity contribution >= 4 is 29.4 Å². The van der Waals surface area contributed by atoms with Crippen molar-refractivity contribution in [3.8, 4) is 5.75 Å². The maximum absolute atomic E-state index is 12.3. The summed E-state index contributed by atoms with van der Waals surface area (Å²) in [5.41, 5.74) is 14.7. The van der Waals surface area contributed by atoms with Crippen molar-refractivity contribution in [3.63, 3.8) is 0 Å². The van der Waals surface area contributed by atoms with E-state index in [2.05, 4.69) is 34.6 Å². The molecule has 7 nitrogen and oxygen atoms in total. The van der Waals surface area contributed by atoms with Crippen LogP contribution < -0.4 is 16.2 Å². The van der Waals surface area contributed by atoms with E-state index in [0.717, 1.165) is 84.8 Å². The number of anilines is 2. The maximum Gasteiger partial charge on any atom is 0.338 e. The highest BCUT2D eigenvalue weighted by atomic mass is 16.5. The highest BCUT2D eigenvalue weighted by Crippen LogP contribution is 2.68. The molecule has 0 aliphatic heterocycles. The fourth-order valence-corrected chi connectivity index (χ4v) is 12.2. The van der Waals surface area contributed by atoms with E-state index in [1.807, 2.05) is 24.3 Å². The average molecular weight is 769 g/mol. The van der Waals surface area contributed by atoms with Crippen LogP contribution in [-0.2, 0) is 14.3 Å². The van der Waals surface area contributed by atoms with E-state index in [1.165, 1.54) is 76.7 Å². The van der Waals surface area contributed by atoms with Gasteiger partial charge >= 0.3 is 11.9 Å². The molecular weight excluding hydrogens is 697 g/mol. The van der Waals surface area contributed by atoms with E-state index in [-0.39, 0.29) is 12.1 Å². The van der Waals surface area contributed by atoms with Gasteiger partial charge in [0, 0.05) is 17.5 Å². The molecule has 0 saturated heterocycles. The third-order valence-electron chi connectivity index (χ3n) is 15.1. The van der Waals surface area contributed by atoms with E-state index in [0.29, 0.717) is 41.0 Å². The molecule has 7 heteroatoms. The number of benzene rings is 2. The van der Waals surface area contributed by atoms with Gasteiger partial charge in [0.05, 0.1) is 24.9 Å². The van der Waals surface area contributed by atoms with Crippen LogP contribution in [0.3, 0.4) is 0 Å². The summed E-state index contributed by atoms with van der Waals surface area (Å²) >= 11 is 0. The first-order valence-corrected chi connectivity index (χ1v) is 22.3. The summed E-state index contributed by atoms with van der Waals surface area (Å²) in [5.74, 6) is 6.28. The topological polar surface area (TPSA) is 114 Å². The Morgan fingerprint density at radius 3 is 2.16 bits per heavy atom. The summed E-state index contributed by atoms with van der Waals surface area (Å²) in [6.07, 6.45) is 23.3. The number of hydrogen-bond donors (Lipinski definition) is 2. The van der Waals surface area contributed by atoms with Crippen LogP contribution in [0, 0.1) is 52.3 Å². The lowest BCUT2D eigenvalue weighted by Gasteiger charge is -2.61. The largest absolute Gasteiger partial charge is 0.490 e. The molecule has 1 unspecified atom stereocenters. The smallest absolute Gasteiger partial charge is 0.338 e. The molecule has 2 aromatic rings. The predicted octanol–water partition coefficient (Wildman–Crippen LogP) is 11.7. The first-order chi connectivity index (χ1) is 26.9. The van der Waals surface area contributed by atoms with Gasteiger partial charge in [0.25, 0.3) is 0 Å². The van der Waals surface area contributed by atoms with Gasteiger partial charge in [0.15, 0.2) is 0 Å².